The minimum atomic E-state index is -4.25. The van der Waals surface area contributed by atoms with Crippen LogP contribution in [0.15, 0.2) is 59.6 Å². The van der Waals surface area contributed by atoms with Crippen LogP contribution < -0.4 is 0 Å². The van der Waals surface area contributed by atoms with E-state index in [2.05, 4.69) is 0 Å². The van der Waals surface area contributed by atoms with Crippen molar-refractivity contribution in [3.63, 3.8) is 0 Å². The summed E-state index contributed by atoms with van der Waals surface area (Å²) in [4.78, 5) is 4.96. The van der Waals surface area contributed by atoms with Crippen LogP contribution in [0, 0.1) is 0 Å². The predicted molar refractivity (Wildman–Crippen MR) is 102 cm³/mol. The summed E-state index contributed by atoms with van der Waals surface area (Å²) in [6.45, 7) is 2.01. The van der Waals surface area contributed by atoms with Crippen LogP contribution in [0.2, 0.25) is 0 Å². The third-order valence-corrected chi connectivity index (χ3v) is 6.44. The lowest BCUT2D eigenvalue weighted by atomic mass is 9.59. The highest BCUT2D eigenvalue weighted by Gasteiger charge is 2.57. The van der Waals surface area contributed by atoms with Gasteiger partial charge in [-0.25, -0.2) is 0 Å². The highest BCUT2D eigenvalue weighted by atomic mass is 19.4. The summed E-state index contributed by atoms with van der Waals surface area (Å²) in [6.07, 6.45) is -1.18. The molecule has 0 radical (unpaired) electrons. The number of benzene rings is 2. The lowest BCUT2D eigenvalue weighted by Gasteiger charge is -2.50. The van der Waals surface area contributed by atoms with Crippen molar-refractivity contribution in [3.05, 3.63) is 71.3 Å². The molecule has 1 fully saturated rings. The molecular weight excluding hydrogens is 347 g/mol. The van der Waals surface area contributed by atoms with Crippen LogP contribution in [0.3, 0.4) is 0 Å². The minimum Gasteiger partial charge on any atom is -0.276 e. The zero-order valence-corrected chi connectivity index (χ0v) is 15.5. The van der Waals surface area contributed by atoms with Crippen molar-refractivity contribution in [3.8, 4) is 0 Å². The average molecular weight is 371 g/mol. The molecule has 0 aromatic heterocycles. The van der Waals surface area contributed by atoms with Crippen LogP contribution in [0.5, 0.6) is 0 Å². The van der Waals surface area contributed by atoms with Gasteiger partial charge in [0.2, 0.25) is 0 Å². The maximum atomic E-state index is 13.7. The van der Waals surface area contributed by atoms with E-state index in [9.17, 15) is 13.2 Å². The second-order valence-electron chi connectivity index (χ2n) is 8.09. The first kappa shape index (κ1) is 18.3. The molecule has 4 heteroatoms. The molecule has 2 aromatic rings. The van der Waals surface area contributed by atoms with E-state index in [-0.39, 0.29) is 0 Å². The van der Waals surface area contributed by atoms with Gasteiger partial charge in [0.25, 0.3) is 0 Å². The number of rotatable bonds is 2. The van der Waals surface area contributed by atoms with Gasteiger partial charge >= 0.3 is 6.18 Å². The molecule has 0 spiro atoms. The standard InChI is InChI=1S/C23H24F3N/c1-21-14-8-3-9-15-22(21,16-23(24,25)26)27-20(17-10-4-2-5-11-17)18-12-6-7-13-19(18)21/h2,4-7,10-13H,3,8-9,14-16H2,1H3. The maximum absolute atomic E-state index is 13.7. The number of halogens is 3. The molecule has 1 heterocycles. The zero-order valence-electron chi connectivity index (χ0n) is 15.5. The topological polar surface area (TPSA) is 12.4 Å². The Morgan fingerprint density at radius 2 is 1.56 bits per heavy atom. The second kappa shape index (κ2) is 6.50. The largest absolute Gasteiger partial charge is 0.391 e. The van der Waals surface area contributed by atoms with Crippen molar-refractivity contribution in [1.82, 2.24) is 0 Å². The van der Waals surface area contributed by atoms with Crippen molar-refractivity contribution >= 4 is 5.71 Å². The number of alkyl halides is 3. The van der Waals surface area contributed by atoms with Gasteiger partial charge in [-0.2, -0.15) is 13.2 Å². The monoisotopic (exact) mass is 371 g/mol. The molecule has 2 unspecified atom stereocenters. The average Bonchev–Trinajstić information content (AvgIpc) is 2.80. The molecule has 1 saturated carbocycles. The summed E-state index contributed by atoms with van der Waals surface area (Å²) in [7, 11) is 0. The van der Waals surface area contributed by atoms with Gasteiger partial charge in [0.1, 0.15) is 0 Å². The van der Waals surface area contributed by atoms with E-state index in [1.807, 2.05) is 61.5 Å². The fourth-order valence-electron chi connectivity index (χ4n) is 5.06. The van der Waals surface area contributed by atoms with E-state index in [1.54, 1.807) is 0 Å². The molecule has 4 rings (SSSR count). The summed E-state index contributed by atoms with van der Waals surface area (Å²) in [6, 6.07) is 17.6. The fourth-order valence-corrected chi connectivity index (χ4v) is 5.06. The molecule has 2 aromatic carbocycles. The SMILES string of the molecule is CC12CCCCCC1(CC(F)(F)F)N=C(c1ccccc1)c1ccccc12. The molecule has 1 nitrogen and oxygen atoms in total. The number of hydrogen-bond donors (Lipinski definition) is 0. The smallest absolute Gasteiger partial charge is 0.276 e. The van der Waals surface area contributed by atoms with Gasteiger partial charge in [0.15, 0.2) is 0 Å². The molecule has 0 N–H and O–H groups in total. The van der Waals surface area contributed by atoms with E-state index in [4.69, 9.17) is 4.99 Å². The fraction of sp³-hybridized carbons (Fsp3) is 0.435. The zero-order chi connectivity index (χ0) is 19.1. The van der Waals surface area contributed by atoms with Gasteiger partial charge in [-0.1, -0.05) is 80.8 Å². The Kier molecular flexibility index (Phi) is 4.40. The first-order valence-electron chi connectivity index (χ1n) is 9.67. The maximum Gasteiger partial charge on any atom is 0.391 e. The van der Waals surface area contributed by atoms with E-state index < -0.39 is 23.6 Å². The van der Waals surface area contributed by atoms with Gasteiger partial charge in [0.05, 0.1) is 17.7 Å². The Balaban J connectivity index is 2.00. The molecule has 0 saturated heterocycles. The van der Waals surface area contributed by atoms with Crippen molar-refractivity contribution in [2.24, 2.45) is 4.99 Å². The van der Waals surface area contributed by atoms with E-state index in [1.165, 1.54) is 0 Å². The Morgan fingerprint density at radius 1 is 0.889 bits per heavy atom. The van der Waals surface area contributed by atoms with Gasteiger partial charge in [-0.15, -0.1) is 0 Å². The third-order valence-electron chi connectivity index (χ3n) is 6.44. The van der Waals surface area contributed by atoms with Gasteiger partial charge in [-0.05, 0) is 18.4 Å². The van der Waals surface area contributed by atoms with Gasteiger partial charge < -0.3 is 0 Å². The van der Waals surface area contributed by atoms with Crippen LogP contribution in [-0.2, 0) is 5.41 Å². The molecule has 2 aliphatic rings. The lowest BCUT2D eigenvalue weighted by Crippen LogP contribution is -2.53. The Hall–Kier alpha value is -2.10. The lowest BCUT2D eigenvalue weighted by molar-refractivity contribution is -0.154. The first-order chi connectivity index (χ1) is 12.8. The van der Waals surface area contributed by atoms with Crippen LogP contribution in [0.25, 0.3) is 0 Å². The Morgan fingerprint density at radius 3 is 2.30 bits per heavy atom. The summed E-state index contributed by atoms with van der Waals surface area (Å²) < 4.78 is 41.2. The molecule has 1 aliphatic heterocycles. The van der Waals surface area contributed by atoms with Crippen molar-refractivity contribution in [2.75, 3.05) is 0 Å². The number of hydrogen-bond acceptors (Lipinski definition) is 1. The number of nitrogens with zero attached hydrogens (tertiary/aromatic N) is 1. The third kappa shape index (κ3) is 3.09. The van der Waals surface area contributed by atoms with E-state index >= 15 is 0 Å². The quantitative estimate of drug-likeness (QED) is 0.575. The van der Waals surface area contributed by atoms with Gasteiger partial charge in [-0.3, -0.25) is 4.99 Å². The molecule has 0 bridgehead atoms. The van der Waals surface area contributed by atoms with Crippen molar-refractivity contribution < 1.29 is 13.2 Å². The number of aliphatic imine (C=N–C) groups is 1. The molecule has 0 amide bonds. The highest BCUT2D eigenvalue weighted by molar-refractivity contribution is 6.15. The normalized spacial score (nSPS) is 27.9. The summed E-state index contributed by atoms with van der Waals surface area (Å²) in [5.41, 5.74) is 1.85. The number of fused-ring (bicyclic) bond motifs is 3. The van der Waals surface area contributed by atoms with Gasteiger partial charge in [0, 0.05) is 16.5 Å². The summed E-state index contributed by atoms with van der Waals surface area (Å²) in [5, 5.41) is 0. The molecule has 2 atom stereocenters. The molecule has 1 aliphatic carbocycles. The summed E-state index contributed by atoms with van der Waals surface area (Å²) in [5.74, 6) is 0. The van der Waals surface area contributed by atoms with E-state index in [0.29, 0.717) is 12.1 Å². The molecule has 142 valence electrons. The Labute approximate surface area is 158 Å². The van der Waals surface area contributed by atoms with Crippen LogP contribution in [0.1, 0.15) is 62.1 Å². The van der Waals surface area contributed by atoms with Crippen molar-refractivity contribution in [2.45, 2.75) is 62.6 Å². The highest BCUT2D eigenvalue weighted by Crippen LogP contribution is 2.55. The van der Waals surface area contributed by atoms with E-state index in [0.717, 1.165) is 42.4 Å². The molecule has 27 heavy (non-hydrogen) atoms. The first-order valence-corrected chi connectivity index (χ1v) is 9.67. The predicted octanol–water partition coefficient (Wildman–Crippen LogP) is 6.45. The summed E-state index contributed by atoms with van der Waals surface area (Å²) >= 11 is 0. The second-order valence-corrected chi connectivity index (χ2v) is 8.09. The minimum absolute atomic E-state index is 0.480. The van der Waals surface area contributed by atoms with Crippen LogP contribution in [-0.4, -0.2) is 17.4 Å². The van der Waals surface area contributed by atoms with Crippen LogP contribution >= 0.6 is 0 Å². The van der Waals surface area contributed by atoms with Crippen molar-refractivity contribution in [1.29, 1.82) is 0 Å². The molecular formula is C23H24F3N. The van der Waals surface area contributed by atoms with Crippen LogP contribution in [0.4, 0.5) is 13.2 Å². The Bertz CT molecular complexity index is 855.